The van der Waals surface area contributed by atoms with Gasteiger partial charge in [-0.1, -0.05) is 32.4 Å². The van der Waals surface area contributed by atoms with Gasteiger partial charge >= 0.3 is 0 Å². The zero-order valence-corrected chi connectivity index (χ0v) is 20.9. The maximum atomic E-state index is 15.0. The Morgan fingerprint density at radius 2 is 1.97 bits per heavy atom. The van der Waals surface area contributed by atoms with Crippen LogP contribution in [-0.2, 0) is 17.9 Å². The molecule has 180 valence electrons. The Labute approximate surface area is 199 Å². The molecular formula is C24H33ClFN5O2. The molecule has 0 saturated carbocycles. The average Bonchev–Trinajstić information content (AvgIpc) is 2.94. The predicted molar refractivity (Wildman–Crippen MR) is 128 cm³/mol. The molecular weight excluding hydrogens is 445 g/mol. The number of aryl methyl sites for hydroxylation is 1. The van der Waals surface area contributed by atoms with E-state index in [1.165, 1.54) is 6.07 Å². The Morgan fingerprint density at radius 3 is 2.61 bits per heavy atom. The third-order valence-corrected chi connectivity index (χ3v) is 6.28. The van der Waals surface area contributed by atoms with E-state index in [0.717, 1.165) is 13.0 Å². The van der Waals surface area contributed by atoms with Crippen LogP contribution in [0.3, 0.4) is 0 Å². The normalized spacial score (nSPS) is 15.5. The highest BCUT2D eigenvalue weighted by Gasteiger charge is 2.35. The molecule has 0 saturated heterocycles. The van der Waals surface area contributed by atoms with Gasteiger partial charge in [0.25, 0.3) is 5.91 Å². The third-order valence-electron chi connectivity index (χ3n) is 5.87. The lowest BCUT2D eigenvalue weighted by Crippen LogP contribution is -2.53. The lowest BCUT2D eigenvalue weighted by molar-refractivity contribution is -0.125. The van der Waals surface area contributed by atoms with Crippen molar-refractivity contribution in [3.63, 3.8) is 0 Å². The maximum Gasteiger partial charge on any atom is 0.272 e. The van der Waals surface area contributed by atoms with E-state index in [1.54, 1.807) is 13.0 Å². The van der Waals surface area contributed by atoms with Crippen molar-refractivity contribution in [2.24, 2.45) is 5.41 Å². The minimum atomic E-state index is -0.750. The van der Waals surface area contributed by atoms with Crippen LogP contribution in [0.25, 0.3) is 11.4 Å². The van der Waals surface area contributed by atoms with Crippen LogP contribution in [0.4, 0.5) is 4.39 Å². The largest absolute Gasteiger partial charge is 0.355 e. The molecule has 0 radical (unpaired) electrons. The summed E-state index contributed by atoms with van der Waals surface area (Å²) in [4.78, 5) is 32.8. The molecule has 1 aliphatic rings. The van der Waals surface area contributed by atoms with Crippen LogP contribution in [0.5, 0.6) is 0 Å². The first-order valence-electron chi connectivity index (χ1n) is 11.3. The van der Waals surface area contributed by atoms with E-state index in [9.17, 15) is 14.0 Å². The van der Waals surface area contributed by atoms with Crippen LogP contribution in [0, 0.1) is 18.2 Å². The van der Waals surface area contributed by atoms with Crippen molar-refractivity contribution in [3.8, 4) is 11.4 Å². The number of nitrogens with zero attached hydrogens (tertiary/aromatic N) is 3. The number of nitrogens with one attached hydrogen (secondary N) is 2. The van der Waals surface area contributed by atoms with Gasteiger partial charge in [-0.2, -0.15) is 0 Å². The quantitative estimate of drug-likeness (QED) is 0.687. The summed E-state index contributed by atoms with van der Waals surface area (Å²) in [5.74, 6) is -0.776. The van der Waals surface area contributed by atoms with Crippen molar-refractivity contribution in [2.75, 3.05) is 20.1 Å². The highest BCUT2D eigenvalue weighted by atomic mass is 35.5. The van der Waals surface area contributed by atoms with Crippen LogP contribution < -0.4 is 10.6 Å². The van der Waals surface area contributed by atoms with Crippen LogP contribution in [0.1, 0.15) is 55.9 Å². The molecule has 7 nitrogen and oxygen atoms in total. The van der Waals surface area contributed by atoms with E-state index in [2.05, 4.69) is 20.5 Å². The van der Waals surface area contributed by atoms with Crippen molar-refractivity contribution < 1.29 is 14.0 Å². The Hall–Kier alpha value is -2.45. The molecule has 1 atom stereocenters. The van der Waals surface area contributed by atoms with Gasteiger partial charge in [-0.15, -0.1) is 0 Å². The molecule has 0 bridgehead atoms. The molecule has 1 aromatic heterocycles. The number of benzene rings is 1. The summed E-state index contributed by atoms with van der Waals surface area (Å²) < 4.78 is 16.9. The fourth-order valence-corrected chi connectivity index (χ4v) is 4.24. The Morgan fingerprint density at radius 1 is 1.27 bits per heavy atom. The Balaban J connectivity index is 2.09. The van der Waals surface area contributed by atoms with Crippen molar-refractivity contribution >= 4 is 23.4 Å². The highest BCUT2D eigenvalue weighted by molar-refractivity contribution is 6.31. The number of hydrogen-bond donors (Lipinski definition) is 2. The minimum Gasteiger partial charge on any atom is -0.355 e. The van der Waals surface area contributed by atoms with Crippen LogP contribution in [0.15, 0.2) is 12.1 Å². The van der Waals surface area contributed by atoms with E-state index in [1.807, 2.05) is 39.3 Å². The number of halogens is 2. The van der Waals surface area contributed by atoms with E-state index in [4.69, 9.17) is 11.6 Å². The molecule has 0 fully saturated rings. The molecule has 1 aromatic carbocycles. The Kier molecular flexibility index (Phi) is 7.49. The van der Waals surface area contributed by atoms with Crippen molar-refractivity contribution in [1.29, 1.82) is 0 Å². The number of rotatable bonds is 5. The second-order valence-electron chi connectivity index (χ2n) is 9.72. The molecule has 9 heteroatoms. The van der Waals surface area contributed by atoms with Gasteiger partial charge < -0.3 is 20.1 Å². The smallest absolute Gasteiger partial charge is 0.272 e. The summed E-state index contributed by atoms with van der Waals surface area (Å²) in [5.41, 5.74) is 1.28. The monoisotopic (exact) mass is 477 g/mol. The zero-order valence-electron chi connectivity index (χ0n) is 20.2. The molecule has 0 spiro atoms. The summed E-state index contributed by atoms with van der Waals surface area (Å²) in [5, 5.41) is 6.10. The molecule has 3 rings (SSSR count). The second kappa shape index (κ2) is 9.81. The number of hydrogen-bond acceptors (Lipinski definition) is 4. The fourth-order valence-electron chi connectivity index (χ4n) is 4.08. The molecule has 2 heterocycles. The first-order chi connectivity index (χ1) is 15.4. The van der Waals surface area contributed by atoms with E-state index in [0.29, 0.717) is 41.7 Å². The summed E-state index contributed by atoms with van der Waals surface area (Å²) in [6.07, 6.45) is 0.832. The van der Waals surface area contributed by atoms with Gasteiger partial charge in [0, 0.05) is 24.7 Å². The number of amides is 2. The van der Waals surface area contributed by atoms with Crippen molar-refractivity contribution in [3.05, 3.63) is 39.9 Å². The fraction of sp³-hybridized carbons (Fsp3) is 0.542. The van der Waals surface area contributed by atoms with Crippen LogP contribution in [-0.4, -0.2) is 52.4 Å². The molecule has 2 aromatic rings. The van der Waals surface area contributed by atoms with E-state index < -0.39 is 23.2 Å². The maximum absolute atomic E-state index is 15.0. The number of fused-ring (bicyclic) bond motifs is 1. The molecule has 2 N–H and O–H groups in total. The zero-order chi connectivity index (χ0) is 24.5. The number of aromatic nitrogens is 2. The van der Waals surface area contributed by atoms with Gasteiger partial charge in [-0.05, 0) is 57.0 Å². The third kappa shape index (κ3) is 5.38. The molecule has 1 unspecified atom stereocenters. The SMILES string of the molecule is CCNC(=O)C(NC(=O)c1nc(-c2cc(Cl)c(C)cc2F)n2c1CN(C)CCC2)C(C)(C)C. The van der Waals surface area contributed by atoms with Gasteiger partial charge in [0.2, 0.25) is 5.91 Å². The second-order valence-corrected chi connectivity index (χ2v) is 10.1. The molecule has 33 heavy (non-hydrogen) atoms. The predicted octanol–water partition coefficient (Wildman–Crippen LogP) is 3.77. The Bertz CT molecular complexity index is 1060. The van der Waals surface area contributed by atoms with Gasteiger partial charge in [-0.3, -0.25) is 9.59 Å². The average molecular weight is 478 g/mol. The van der Waals surface area contributed by atoms with Crippen LogP contribution >= 0.6 is 11.6 Å². The summed E-state index contributed by atoms with van der Waals surface area (Å²) in [7, 11) is 1.97. The first-order valence-corrected chi connectivity index (χ1v) is 11.6. The summed E-state index contributed by atoms with van der Waals surface area (Å²) in [6, 6.07) is 2.19. The van der Waals surface area contributed by atoms with Crippen molar-refractivity contribution in [2.45, 2.75) is 60.2 Å². The highest BCUT2D eigenvalue weighted by Crippen LogP contribution is 2.31. The lowest BCUT2D eigenvalue weighted by atomic mass is 9.86. The summed E-state index contributed by atoms with van der Waals surface area (Å²) in [6.45, 7) is 11.6. The standard InChI is InChI=1S/C24H33ClFN5O2/c1-7-27-23(33)20(24(3,4)5)29-22(32)19-18-13-30(6)9-8-10-31(18)21(28-19)15-12-16(25)14(2)11-17(15)26/h11-12,20H,7-10,13H2,1-6H3,(H,27,33)(H,29,32). The van der Waals surface area contributed by atoms with Gasteiger partial charge in [0.15, 0.2) is 5.69 Å². The van der Waals surface area contributed by atoms with Crippen molar-refractivity contribution in [1.82, 2.24) is 25.1 Å². The number of carbonyl (C=O) groups excluding carboxylic acids is 2. The number of imidazole rings is 1. The molecule has 1 aliphatic heterocycles. The van der Waals surface area contributed by atoms with Gasteiger partial charge in [-0.25, -0.2) is 9.37 Å². The van der Waals surface area contributed by atoms with E-state index >= 15 is 0 Å². The van der Waals surface area contributed by atoms with Gasteiger partial charge in [0.05, 0.1) is 11.3 Å². The molecule has 2 amide bonds. The first kappa shape index (κ1) is 25.2. The van der Waals surface area contributed by atoms with E-state index in [-0.39, 0.29) is 17.2 Å². The topological polar surface area (TPSA) is 79.3 Å². The number of likely N-dealkylation sites (N-methyl/N-ethyl adjacent to an activating group) is 1. The molecule has 0 aliphatic carbocycles. The lowest BCUT2D eigenvalue weighted by Gasteiger charge is -2.30. The van der Waals surface area contributed by atoms with Gasteiger partial charge in [0.1, 0.15) is 17.7 Å². The minimum absolute atomic E-state index is 0.202. The number of carbonyl (C=O) groups is 2. The van der Waals surface area contributed by atoms with Crippen LogP contribution in [0.2, 0.25) is 5.02 Å². The summed E-state index contributed by atoms with van der Waals surface area (Å²) >= 11 is 6.29.